The number of aromatic nitrogens is 2. The highest BCUT2D eigenvalue weighted by Crippen LogP contribution is 2.23. The van der Waals surface area contributed by atoms with Gasteiger partial charge in [-0.15, -0.1) is 0 Å². The number of pyridine rings is 2. The molecule has 0 saturated carbocycles. The van der Waals surface area contributed by atoms with Crippen molar-refractivity contribution in [1.82, 2.24) is 20.2 Å². The summed E-state index contributed by atoms with van der Waals surface area (Å²) < 4.78 is 0. The zero-order valence-electron chi connectivity index (χ0n) is 15.5. The van der Waals surface area contributed by atoms with Crippen LogP contribution in [0.5, 0.6) is 0 Å². The molecule has 1 unspecified atom stereocenters. The van der Waals surface area contributed by atoms with Crippen LogP contribution in [0.2, 0.25) is 0 Å². The molecule has 1 N–H and O–H groups in total. The molecule has 0 aromatic carbocycles. The predicted molar refractivity (Wildman–Crippen MR) is 98.7 cm³/mol. The first kappa shape index (κ1) is 18.0. The van der Waals surface area contributed by atoms with Crippen LogP contribution in [0.15, 0.2) is 36.8 Å². The van der Waals surface area contributed by atoms with Gasteiger partial charge >= 0.3 is 0 Å². The maximum absolute atomic E-state index is 12.6. The van der Waals surface area contributed by atoms with E-state index in [1.54, 1.807) is 29.6 Å². The highest BCUT2D eigenvalue weighted by Gasteiger charge is 2.37. The lowest BCUT2D eigenvalue weighted by Gasteiger charge is -2.26. The minimum Gasteiger partial charge on any atom is -0.349 e. The van der Waals surface area contributed by atoms with Gasteiger partial charge in [-0.2, -0.15) is 0 Å². The zero-order valence-corrected chi connectivity index (χ0v) is 15.5. The molecular formula is C20H24N4O2. The lowest BCUT2D eigenvalue weighted by Crippen LogP contribution is -2.49. The molecule has 2 aromatic rings. The largest absolute Gasteiger partial charge is 0.349 e. The predicted octanol–water partition coefficient (Wildman–Crippen LogP) is 2.06. The van der Waals surface area contributed by atoms with Gasteiger partial charge in [-0.3, -0.25) is 19.6 Å². The van der Waals surface area contributed by atoms with E-state index in [0.717, 1.165) is 23.2 Å². The molecule has 3 rings (SSSR count). The van der Waals surface area contributed by atoms with Gasteiger partial charge in [-0.25, -0.2) is 0 Å². The number of aryl methyl sites for hydroxylation is 2. The first-order valence-corrected chi connectivity index (χ1v) is 8.78. The zero-order chi connectivity index (χ0) is 18.7. The monoisotopic (exact) mass is 352 g/mol. The maximum Gasteiger partial charge on any atom is 0.255 e. The van der Waals surface area contributed by atoms with Crippen LogP contribution in [0.1, 0.15) is 40.5 Å². The molecule has 2 aromatic heterocycles. The number of carbonyl (C=O) groups is 2. The normalized spacial score (nSPS) is 19.4. The summed E-state index contributed by atoms with van der Waals surface area (Å²) in [5, 5.41) is 3.09. The Morgan fingerprint density at radius 3 is 2.73 bits per heavy atom. The summed E-state index contributed by atoms with van der Waals surface area (Å²) in [4.78, 5) is 35.1. The summed E-state index contributed by atoms with van der Waals surface area (Å²) in [5.74, 6) is -0.0930. The van der Waals surface area contributed by atoms with Crippen LogP contribution in [-0.2, 0) is 11.2 Å². The highest BCUT2D eigenvalue weighted by atomic mass is 16.2. The van der Waals surface area contributed by atoms with Crippen LogP contribution in [0.25, 0.3) is 0 Å². The summed E-state index contributed by atoms with van der Waals surface area (Å²) in [6, 6.07) is 5.59. The van der Waals surface area contributed by atoms with Gasteiger partial charge in [-0.1, -0.05) is 6.07 Å². The van der Waals surface area contributed by atoms with Gasteiger partial charge < -0.3 is 10.2 Å². The number of nitrogens with zero attached hydrogens (tertiary/aromatic N) is 3. The molecule has 0 radical (unpaired) electrons. The van der Waals surface area contributed by atoms with Crippen molar-refractivity contribution in [2.24, 2.45) is 0 Å². The number of hydrogen-bond acceptors (Lipinski definition) is 4. The Labute approximate surface area is 153 Å². The molecular weight excluding hydrogens is 328 g/mol. The van der Waals surface area contributed by atoms with E-state index in [2.05, 4.69) is 15.3 Å². The van der Waals surface area contributed by atoms with Gasteiger partial charge in [-0.05, 0) is 50.5 Å². The first-order chi connectivity index (χ1) is 12.3. The Balaban J connectivity index is 1.60. The standard InChI is InChI=1S/C20H24N4O2/c1-14-8-16(11-21-10-14)9-18(25)23-20(3)6-7-24(13-20)19(26)17-5-4-15(2)22-12-17/h4-5,8,10-12H,6-7,9,13H2,1-3H3,(H,23,25). The first-order valence-electron chi connectivity index (χ1n) is 8.78. The van der Waals surface area contributed by atoms with Crippen LogP contribution in [0.3, 0.4) is 0 Å². The Hall–Kier alpha value is -2.76. The maximum atomic E-state index is 12.6. The van der Waals surface area contributed by atoms with Crippen LogP contribution in [0.4, 0.5) is 0 Å². The van der Waals surface area contributed by atoms with Crippen molar-refractivity contribution in [2.45, 2.75) is 39.2 Å². The Morgan fingerprint density at radius 1 is 1.23 bits per heavy atom. The van der Waals surface area contributed by atoms with Crippen molar-refractivity contribution in [2.75, 3.05) is 13.1 Å². The number of rotatable bonds is 4. The fourth-order valence-corrected chi connectivity index (χ4v) is 3.29. The summed E-state index contributed by atoms with van der Waals surface area (Å²) in [5.41, 5.74) is 2.97. The molecule has 1 aliphatic heterocycles. The van der Waals surface area contributed by atoms with E-state index in [1.807, 2.05) is 32.9 Å². The third-order valence-corrected chi connectivity index (χ3v) is 4.66. The molecule has 1 fully saturated rings. The van der Waals surface area contributed by atoms with Crippen LogP contribution in [-0.4, -0.2) is 45.3 Å². The minimum atomic E-state index is -0.415. The van der Waals surface area contributed by atoms with Crippen LogP contribution < -0.4 is 5.32 Å². The average molecular weight is 352 g/mol. The molecule has 3 heterocycles. The van der Waals surface area contributed by atoms with E-state index in [9.17, 15) is 9.59 Å². The van der Waals surface area contributed by atoms with E-state index in [0.29, 0.717) is 25.1 Å². The number of likely N-dealkylation sites (tertiary alicyclic amines) is 1. The van der Waals surface area contributed by atoms with Gasteiger partial charge in [0.05, 0.1) is 17.5 Å². The molecule has 0 bridgehead atoms. The van der Waals surface area contributed by atoms with Gasteiger partial charge in [0.15, 0.2) is 0 Å². The fraction of sp³-hybridized carbons (Fsp3) is 0.400. The van der Waals surface area contributed by atoms with Gasteiger partial charge in [0.25, 0.3) is 5.91 Å². The second-order valence-electron chi connectivity index (χ2n) is 7.32. The third kappa shape index (κ3) is 4.25. The van der Waals surface area contributed by atoms with E-state index < -0.39 is 5.54 Å². The van der Waals surface area contributed by atoms with Gasteiger partial charge in [0.1, 0.15) is 0 Å². The average Bonchev–Trinajstić information content (AvgIpc) is 2.96. The number of hydrogen-bond donors (Lipinski definition) is 1. The molecule has 2 amide bonds. The Kier molecular flexibility index (Phi) is 5.02. The second kappa shape index (κ2) is 7.23. The molecule has 1 atom stereocenters. The van der Waals surface area contributed by atoms with Crippen LogP contribution in [0, 0.1) is 13.8 Å². The molecule has 26 heavy (non-hydrogen) atoms. The quantitative estimate of drug-likeness (QED) is 0.914. The molecule has 0 spiro atoms. The molecule has 6 heteroatoms. The van der Waals surface area contributed by atoms with Crippen molar-refractivity contribution in [3.8, 4) is 0 Å². The number of nitrogens with one attached hydrogen (secondary N) is 1. The molecule has 136 valence electrons. The SMILES string of the molecule is Cc1cncc(CC(=O)NC2(C)CCN(C(=O)c3ccc(C)nc3)C2)c1. The fourth-order valence-electron chi connectivity index (χ4n) is 3.29. The lowest BCUT2D eigenvalue weighted by atomic mass is 10.0. The smallest absolute Gasteiger partial charge is 0.255 e. The van der Waals surface area contributed by atoms with Crippen molar-refractivity contribution >= 4 is 11.8 Å². The topological polar surface area (TPSA) is 75.2 Å². The van der Waals surface area contributed by atoms with E-state index in [1.165, 1.54) is 0 Å². The second-order valence-corrected chi connectivity index (χ2v) is 7.32. The highest BCUT2D eigenvalue weighted by molar-refractivity contribution is 5.94. The lowest BCUT2D eigenvalue weighted by molar-refractivity contribution is -0.122. The van der Waals surface area contributed by atoms with Gasteiger partial charge in [0.2, 0.25) is 5.91 Å². The van der Waals surface area contributed by atoms with Crippen LogP contribution >= 0.6 is 0 Å². The summed E-state index contributed by atoms with van der Waals surface area (Å²) in [7, 11) is 0. The summed E-state index contributed by atoms with van der Waals surface area (Å²) in [6.45, 7) is 6.95. The molecule has 6 nitrogen and oxygen atoms in total. The molecule has 0 aliphatic carbocycles. The molecule has 1 saturated heterocycles. The van der Waals surface area contributed by atoms with Crippen molar-refractivity contribution < 1.29 is 9.59 Å². The third-order valence-electron chi connectivity index (χ3n) is 4.66. The Bertz CT molecular complexity index is 819. The van der Waals surface area contributed by atoms with E-state index in [4.69, 9.17) is 0 Å². The number of carbonyl (C=O) groups excluding carboxylic acids is 2. The minimum absolute atomic E-state index is 0.0432. The number of amides is 2. The van der Waals surface area contributed by atoms with Crippen molar-refractivity contribution in [1.29, 1.82) is 0 Å². The van der Waals surface area contributed by atoms with Gasteiger partial charge in [0, 0.05) is 37.4 Å². The van der Waals surface area contributed by atoms with Crippen molar-refractivity contribution in [3.63, 3.8) is 0 Å². The summed E-state index contributed by atoms with van der Waals surface area (Å²) >= 11 is 0. The van der Waals surface area contributed by atoms with Crippen molar-refractivity contribution in [3.05, 3.63) is 59.2 Å². The summed E-state index contributed by atoms with van der Waals surface area (Å²) in [6.07, 6.45) is 6.11. The molecule has 1 aliphatic rings. The van der Waals surface area contributed by atoms with E-state index in [-0.39, 0.29) is 11.8 Å². The van der Waals surface area contributed by atoms with E-state index >= 15 is 0 Å². The Morgan fingerprint density at radius 2 is 2.04 bits per heavy atom.